The Morgan fingerprint density at radius 1 is 0.800 bits per heavy atom. The zero-order chi connectivity index (χ0) is 14.2. The van der Waals surface area contributed by atoms with E-state index in [-0.39, 0.29) is 18.8 Å². The van der Waals surface area contributed by atoms with Gasteiger partial charge >= 0.3 is 0 Å². The summed E-state index contributed by atoms with van der Waals surface area (Å²) >= 11 is 0. The van der Waals surface area contributed by atoms with Crippen molar-refractivity contribution < 1.29 is 8.78 Å². The van der Waals surface area contributed by atoms with Gasteiger partial charge < -0.3 is 5.73 Å². The van der Waals surface area contributed by atoms with Crippen LogP contribution >= 0.6 is 0 Å². The van der Waals surface area contributed by atoms with Crippen LogP contribution in [0.1, 0.15) is 29.9 Å². The highest BCUT2D eigenvalue weighted by Crippen LogP contribution is 2.52. The van der Waals surface area contributed by atoms with Crippen LogP contribution in [-0.2, 0) is 0 Å². The van der Waals surface area contributed by atoms with Gasteiger partial charge in [0, 0.05) is 24.3 Å². The van der Waals surface area contributed by atoms with E-state index in [9.17, 15) is 8.78 Å². The summed E-state index contributed by atoms with van der Waals surface area (Å²) in [6.07, 6.45) is -0.511. The Labute approximate surface area is 117 Å². The van der Waals surface area contributed by atoms with Crippen molar-refractivity contribution in [2.75, 3.05) is 0 Å². The molecule has 20 heavy (non-hydrogen) atoms. The fraction of sp³-hybridized carbons (Fsp3) is 0.294. The molecule has 0 atom stereocenters. The maximum Gasteiger partial charge on any atom is 0.251 e. The molecule has 3 heteroatoms. The van der Waals surface area contributed by atoms with Gasteiger partial charge in [-0.1, -0.05) is 60.7 Å². The van der Waals surface area contributed by atoms with Gasteiger partial charge in [-0.25, -0.2) is 8.78 Å². The van der Waals surface area contributed by atoms with Crippen molar-refractivity contribution in [3.63, 3.8) is 0 Å². The van der Waals surface area contributed by atoms with Crippen molar-refractivity contribution in [2.24, 2.45) is 5.73 Å². The van der Waals surface area contributed by atoms with Crippen LogP contribution in [0.4, 0.5) is 8.78 Å². The summed E-state index contributed by atoms with van der Waals surface area (Å²) in [5.74, 6) is -2.82. The Hall–Kier alpha value is -1.74. The first kappa shape index (κ1) is 13.3. The van der Waals surface area contributed by atoms with Crippen molar-refractivity contribution in [1.29, 1.82) is 0 Å². The van der Waals surface area contributed by atoms with Crippen LogP contribution in [0.15, 0.2) is 60.7 Å². The predicted molar refractivity (Wildman–Crippen MR) is 75.8 cm³/mol. The predicted octanol–water partition coefficient (Wildman–Crippen LogP) is 3.95. The van der Waals surface area contributed by atoms with Gasteiger partial charge in [0.2, 0.25) is 0 Å². The first-order chi connectivity index (χ1) is 9.50. The SMILES string of the molecule is NC1(C(c2ccccc2)c2ccccc2)CC(F)(F)C1. The van der Waals surface area contributed by atoms with Crippen LogP contribution in [0, 0.1) is 0 Å². The maximum atomic E-state index is 13.3. The minimum atomic E-state index is -2.63. The molecule has 2 aromatic carbocycles. The fourth-order valence-corrected chi connectivity index (χ4v) is 3.26. The Kier molecular flexibility index (Phi) is 3.09. The Morgan fingerprint density at radius 2 is 1.20 bits per heavy atom. The molecule has 0 heterocycles. The molecular weight excluding hydrogens is 256 g/mol. The first-order valence-corrected chi connectivity index (χ1v) is 6.77. The smallest absolute Gasteiger partial charge is 0.251 e. The standard InChI is InChI=1S/C17H17F2N/c18-17(19)11-16(20,12-17)15(13-7-3-1-4-8-13)14-9-5-2-6-10-14/h1-10,15H,11-12,20H2. The Balaban J connectivity index is 2.02. The summed E-state index contributed by atoms with van der Waals surface area (Å²) in [7, 11) is 0. The van der Waals surface area contributed by atoms with Crippen LogP contribution in [0.2, 0.25) is 0 Å². The molecule has 1 aliphatic carbocycles. The normalized spacial score (nSPS) is 19.6. The van der Waals surface area contributed by atoms with Gasteiger partial charge in [-0.05, 0) is 11.1 Å². The van der Waals surface area contributed by atoms with E-state index in [1.54, 1.807) is 0 Å². The third-order valence-corrected chi connectivity index (χ3v) is 4.02. The quantitative estimate of drug-likeness (QED) is 0.900. The van der Waals surface area contributed by atoms with Crippen molar-refractivity contribution in [2.45, 2.75) is 30.2 Å². The lowest BCUT2D eigenvalue weighted by Crippen LogP contribution is -2.61. The molecule has 0 radical (unpaired) electrons. The van der Waals surface area contributed by atoms with E-state index in [1.807, 2.05) is 60.7 Å². The molecule has 0 aromatic heterocycles. The number of alkyl halides is 2. The van der Waals surface area contributed by atoms with E-state index in [0.29, 0.717) is 0 Å². The molecule has 1 aliphatic rings. The van der Waals surface area contributed by atoms with Gasteiger partial charge in [-0.15, -0.1) is 0 Å². The van der Waals surface area contributed by atoms with E-state index in [4.69, 9.17) is 5.73 Å². The van der Waals surface area contributed by atoms with Crippen molar-refractivity contribution in [3.8, 4) is 0 Å². The van der Waals surface area contributed by atoms with Gasteiger partial charge in [-0.2, -0.15) is 0 Å². The summed E-state index contributed by atoms with van der Waals surface area (Å²) in [6.45, 7) is 0. The van der Waals surface area contributed by atoms with Gasteiger partial charge in [0.1, 0.15) is 0 Å². The number of hydrogen-bond acceptors (Lipinski definition) is 1. The van der Waals surface area contributed by atoms with Crippen molar-refractivity contribution in [1.82, 2.24) is 0 Å². The largest absolute Gasteiger partial charge is 0.324 e. The van der Waals surface area contributed by atoms with E-state index in [0.717, 1.165) is 11.1 Å². The molecule has 0 spiro atoms. The second-order valence-electron chi connectivity index (χ2n) is 5.70. The third kappa shape index (κ3) is 2.34. The highest BCUT2D eigenvalue weighted by atomic mass is 19.3. The molecule has 0 saturated heterocycles. The average Bonchev–Trinajstić information content (AvgIpc) is 2.39. The highest BCUT2D eigenvalue weighted by Gasteiger charge is 2.58. The maximum absolute atomic E-state index is 13.3. The lowest BCUT2D eigenvalue weighted by atomic mass is 9.62. The number of benzene rings is 2. The molecule has 0 unspecified atom stereocenters. The molecule has 1 saturated carbocycles. The molecule has 1 nitrogen and oxygen atoms in total. The van der Waals surface area contributed by atoms with Crippen molar-refractivity contribution >= 4 is 0 Å². The molecule has 0 amide bonds. The summed E-state index contributed by atoms with van der Waals surface area (Å²) in [6, 6.07) is 19.4. The molecule has 0 aliphatic heterocycles. The van der Waals surface area contributed by atoms with Crippen molar-refractivity contribution in [3.05, 3.63) is 71.8 Å². The van der Waals surface area contributed by atoms with Gasteiger partial charge in [0.05, 0.1) is 0 Å². The molecular formula is C17H17F2N. The first-order valence-electron chi connectivity index (χ1n) is 6.77. The molecule has 104 valence electrons. The van der Waals surface area contributed by atoms with Crippen LogP contribution in [0.25, 0.3) is 0 Å². The van der Waals surface area contributed by atoms with Crippen LogP contribution in [-0.4, -0.2) is 11.5 Å². The summed E-state index contributed by atoms with van der Waals surface area (Å²) in [5.41, 5.74) is 7.43. The monoisotopic (exact) mass is 273 g/mol. The van der Waals surface area contributed by atoms with E-state index in [1.165, 1.54) is 0 Å². The lowest BCUT2D eigenvalue weighted by Gasteiger charge is -2.49. The number of rotatable bonds is 3. The average molecular weight is 273 g/mol. The van der Waals surface area contributed by atoms with E-state index < -0.39 is 11.5 Å². The molecule has 3 rings (SSSR count). The molecule has 0 bridgehead atoms. The lowest BCUT2D eigenvalue weighted by molar-refractivity contribution is -0.126. The zero-order valence-electron chi connectivity index (χ0n) is 11.1. The van der Waals surface area contributed by atoms with Gasteiger partial charge in [-0.3, -0.25) is 0 Å². The van der Waals surface area contributed by atoms with E-state index in [2.05, 4.69) is 0 Å². The zero-order valence-corrected chi connectivity index (χ0v) is 11.1. The molecule has 2 N–H and O–H groups in total. The second kappa shape index (κ2) is 4.67. The minimum absolute atomic E-state index is 0.190. The number of nitrogens with two attached hydrogens (primary N) is 1. The summed E-state index contributed by atoms with van der Waals surface area (Å²) in [5, 5.41) is 0. The van der Waals surface area contributed by atoms with Gasteiger partial charge in [0.25, 0.3) is 5.92 Å². The Bertz CT molecular complexity index is 533. The van der Waals surface area contributed by atoms with Crippen LogP contribution in [0.3, 0.4) is 0 Å². The number of halogens is 2. The topological polar surface area (TPSA) is 26.0 Å². The summed E-state index contributed by atoms with van der Waals surface area (Å²) < 4.78 is 26.7. The second-order valence-corrected chi connectivity index (χ2v) is 5.70. The third-order valence-electron chi connectivity index (χ3n) is 4.02. The molecule has 1 fully saturated rings. The molecule has 2 aromatic rings. The minimum Gasteiger partial charge on any atom is -0.324 e. The fourth-order valence-electron chi connectivity index (χ4n) is 3.26. The van der Waals surface area contributed by atoms with Gasteiger partial charge in [0.15, 0.2) is 0 Å². The highest BCUT2D eigenvalue weighted by molar-refractivity contribution is 5.38. The number of hydrogen-bond donors (Lipinski definition) is 1. The van der Waals surface area contributed by atoms with E-state index >= 15 is 0 Å². The Morgan fingerprint density at radius 3 is 1.55 bits per heavy atom. The summed E-state index contributed by atoms with van der Waals surface area (Å²) in [4.78, 5) is 0. The van der Waals surface area contributed by atoms with Crippen LogP contribution in [0.5, 0.6) is 0 Å². The van der Waals surface area contributed by atoms with Crippen LogP contribution < -0.4 is 5.73 Å².